The van der Waals surface area contributed by atoms with Crippen molar-refractivity contribution in [1.82, 2.24) is 20.0 Å². The molecule has 0 radical (unpaired) electrons. The molecule has 2 aliphatic rings. The van der Waals surface area contributed by atoms with Crippen LogP contribution in [0.2, 0.25) is 0 Å². The molecule has 5 rings (SSSR count). The minimum Gasteiger partial charge on any atom is -0.336 e. The van der Waals surface area contributed by atoms with Gasteiger partial charge in [0.1, 0.15) is 0 Å². The van der Waals surface area contributed by atoms with E-state index in [2.05, 4.69) is 71.1 Å². The van der Waals surface area contributed by atoms with Crippen molar-refractivity contribution in [3.63, 3.8) is 0 Å². The molecular weight excluding hydrogens is 428 g/mol. The largest absolute Gasteiger partial charge is 0.336 e. The molecule has 6 heteroatoms. The molecule has 1 saturated heterocycles. The number of benzene rings is 2. The number of amides is 1. The third-order valence-corrected chi connectivity index (χ3v) is 7.91. The molecule has 1 aliphatic carbocycles. The van der Waals surface area contributed by atoms with Gasteiger partial charge in [0.05, 0.1) is 0 Å². The molecule has 1 unspecified atom stereocenters. The normalized spacial score (nSPS) is 18.4. The molecule has 3 aromatic rings. The van der Waals surface area contributed by atoms with E-state index in [4.69, 9.17) is 0 Å². The second-order valence-electron chi connectivity index (χ2n) is 9.02. The lowest BCUT2D eigenvalue weighted by Gasteiger charge is -2.28. The van der Waals surface area contributed by atoms with E-state index in [-0.39, 0.29) is 5.91 Å². The van der Waals surface area contributed by atoms with Gasteiger partial charge in [-0.25, -0.2) is 0 Å². The molecule has 0 spiro atoms. The van der Waals surface area contributed by atoms with Crippen LogP contribution in [0.4, 0.5) is 0 Å². The Balaban J connectivity index is 1.32. The van der Waals surface area contributed by atoms with E-state index in [9.17, 15) is 4.79 Å². The molecule has 1 fully saturated rings. The van der Waals surface area contributed by atoms with Crippen LogP contribution in [0, 0.1) is 0 Å². The Labute approximate surface area is 200 Å². The summed E-state index contributed by atoms with van der Waals surface area (Å²) in [5, 5.41) is 8.53. The van der Waals surface area contributed by atoms with Crippen LogP contribution in [0.1, 0.15) is 45.2 Å². The van der Waals surface area contributed by atoms with Crippen molar-refractivity contribution in [2.75, 3.05) is 31.1 Å². The van der Waals surface area contributed by atoms with Gasteiger partial charge in [-0.05, 0) is 30.4 Å². The Morgan fingerprint density at radius 3 is 2.33 bits per heavy atom. The lowest BCUT2D eigenvalue weighted by molar-refractivity contribution is 0.0764. The molecule has 1 atom stereocenters. The lowest BCUT2D eigenvalue weighted by Crippen LogP contribution is -2.40. The van der Waals surface area contributed by atoms with Gasteiger partial charge in [-0.2, -0.15) is 16.9 Å². The zero-order chi connectivity index (χ0) is 22.6. The second kappa shape index (κ2) is 10.1. The van der Waals surface area contributed by atoms with Crippen molar-refractivity contribution in [1.29, 1.82) is 0 Å². The van der Waals surface area contributed by atoms with Gasteiger partial charge < -0.3 is 10.2 Å². The first kappa shape index (κ1) is 22.2. The first-order chi connectivity index (χ1) is 16.2. The van der Waals surface area contributed by atoms with Crippen LogP contribution in [0.3, 0.4) is 0 Å². The number of rotatable bonds is 6. The fourth-order valence-electron chi connectivity index (χ4n) is 5.13. The minimum atomic E-state index is 0.110. The van der Waals surface area contributed by atoms with Gasteiger partial charge in [0.15, 0.2) is 5.69 Å². The Hall–Kier alpha value is -2.57. The van der Waals surface area contributed by atoms with Crippen LogP contribution in [-0.2, 0) is 19.9 Å². The van der Waals surface area contributed by atoms with Crippen molar-refractivity contribution in [2.45, 2.75) is 31.2 Å². The third kappa shape index (κ3) is 4.87. The van der Waals surface area contributed by atoms with Gasteiger partial charge in [0.2, 0.25) is 0 Å². The number of aryl methyl sites for hydroxylation is 1. The molecule has 1 aromatic heterocycles. The smallest absolute Gasteiger partial charge is 0.274 e. The van der Waals surface area contributed by atoms with E-state index in [1.165, 1.54) is 16.8 Å². The molecule has 1 amide bonds. The zero-order valence-corrected chi connectivity index (χ0v) is 20.1. The average molecular weight is 461 g/mol. The van der Waals surface area contributed by atoms with Gasteiger partial charge >= 0.3 is 0 Å². The topological polar surface area (TPSA) is 50.2 Å². The molecule has 33 heavy (non-hydrogen) atoms. The van der Waals surface area contributed by atoms with Crippen LogP contribution >= 0.6 is 11.8 Å². The molecule has 2 heterocycles. The van der Waals surface area contributed by atoms with Crippen LogP contribution in [-0.4, -0.2) is 57.8 Å². The van der Waals surface area contributed by atoms with Crippen LogP contribution < -0.4 is 5.32 Å². The number of thioether (sulfide) groups is 1. The van der Waals surface area contributed by atoms with E-state index < -0.39 is 0 Å². The highest BCUT2D eigenvalue weighted by Crippen LogP contribution is 2.28. The second-order valence-corrected chi connectivity index (χ2v) is 10.2. The number of hydrogen-bond donors (Lipinski definition) is 1. The maximum absolute atomic E-state index is 13.2. The number of carbonyl (C=O) groups excluding carboxylic acids is 1. The summed E-state index contributed by atoms with van der Waals surface area (Å²) in [4.78, 5) is 15.2. The third-order valence-electron chi connectivity index (χ3n) is 6.97. The molecule has 1 N–H and O–H groups in total. The van der Waals surface area contributed by atoms with Gasteiger partial charge in [0, 0.05) is 61.4 Å². The zero-order valence-electron chi connectivity index (χ0n) is 19.2. The Kier molecular flexibility index (Phi) is 6.83. The summed E-state index contributed by atoms with van der Waals surface area (Å²) in [5.41, 5.74) is 5.71. The quantitative estimate of drug-likeness (QED) is 0.606. The summed E-state index contributed by atoms with van der Waals surface area (Å²) in [7, 11) is 1.98. The number of aromatic nitrogens is 2. The van der Waals surface area contributed by atoms with E-state index in [0.29, 0.717) is 17.7 Å². The van der Waals surface area contributed by atoms with Gasteiger partial charge in [-0.15, -0.1) is 0 Å². The predicted octanol–water partition coefficient (Wildman–Crippen LogP) is 3.89. The summed E-state index contributed by atoms with van der Waals surface area (Å²) in [6.45, 7) is 2.53. The maximum Gasteiger partial charge on any atom is 0.274 e. The van der Waals surface area contributed by atoms with Crippen molar-refractivity contribution >= 4 is 17.7 Å². The SMILES string of the molecule is Cn1nc(C(=O)N2CCSCC2)c2c1CCC(NCC(c1ccccc1)c1ccccc1)C2. The summed E-state index contributed by atoms with van der Waals surface area (Å²) in [6, 6.07) is 21.8. The highest BCUT2D eigenvalue weighted by Gasteiger charge is 2.31. The van der Waals surface area contributed by atoms with Crippen molar-refractivity contribution < 1.29 is 4.79 Å². The van der Waals surface area contributed by atoms with Crippen LogP contribution in [0.15, 0.2) is 60.7 Å². The number of nitrogens with one attached hydrogen (secondary N) is 1. The minimum absolute atomic E-state index is 0.110. The van der Waals surface area contributed by atoms with Crippen molar-refractivity contribution in [2.24, 2.45) is 7.05 Å². The Morgan fingerprint density at radius 1 is 1.06 bits per heavy atom. The van der Waals surface area contributed by atoms with Crippen LogP contribution in [0.25, 0.3) is 0 Å². The predicted molar refractivity (Wildman–Crippen MR) is 135 cm³/mol. The number of fused-ring (bicyclic) bond motifs is 1. The first-order valence-electron chi connectivity index (χ1n) is 12.0. The molecule has 172 valence electrons. The van der Waals surface area contributed by atoms with Gasteiger partial charge in [0.25, 0.3) is 5.91 Å². The van der Waals surface area contributed by atoms with E-state index in [0.717, 1.165) is 56.0 Å². The summed E-state index contributed by atoms with van der Waals surface area (Å²) in [6.07, 6.45) is 2.89. The van der Waals surface area contributed by atoms with Crippen molar-refractivity contribution in [3.8, 4) is 0 Å². The molecular formula is C27H32N4OS. The number of hydrogen-bond acceptors (Lipinski definition) is 4. The van der Waals surface area contributed by atoms with Gasteiger partial charge in [-0.1, -0.05) is 60.7 Å². The Morgan fingerprint density at radius 2 is 1.70 bits per heavy atom. The molecule has 0 bridgehead atoms. The van der Waals surface area contributed by atoms with E-state index in [1.54, 1.807) is 0 Å². The maximum atomic E-state index is 13.2. The molecule has 0 saturated carbocycles. The highest BCUT2D eigenvalue weighted by atomic mass is 32.2. The summed E-state index contributed by atoms with van der Waals surface area (Å²) in [5.74, 6) is 2.45. The summed E-state index contributed by atoms with van der Waals surface area (Å²) < 4.78 is 1.94. The summed E-state index contributed by atoms with van der Waals surface area (Å²) >= 11 is 1.92. The van der Waals surface area contributed by atoms with Crippen molar-refractivity contribution in [3.05, 3.63) is 88.7 Å². The van der Waals surface area contributed by atoms with E-state index in [1.807, 2.05) is 28.4 Å². The molecule has 2 aromatic carbocycles. The van der Waals surface area contributed by atoms with Gasteiger partial charge in [-0.3, -0.25) is 9.48 Å². The lowest BCUT2D eigenvalue weighted by atomic mass is 9.88. The number of nitrogens with zero attached hydrogens (tertiary/aromatic N) is 3. The molecule has 5 nitrogen and oxygen atoms in total. The fourth-order valence-corrected chi connectivity index (χ4v) is 6.04. The number of carbonyl (C=O) groups is 1. The monoisotopic (exact) mass is 460 g/mol. The Bertz CT molecular complexity index is 1040. The highest BCUT2D eigenvalue weighted by molar-refractivity contribution is 7.99. The van der Waals surface area contributed by atoms with E-state index >= 15 is 0 Å². The fraction of sp³-hybridized carbons (Fsp3) is 0.407. The molecule has 1 aliphatic heterocycles. The first-order valence-corrected chi connectivity index (χ1v) is 13.1. The average Bonchev–Trinajstić information content (AvgIpc) is 3.21. The standard InChI is InChI=1S/C27H32N4OS/c1-30-25-13-12-22(18-23(25)26(29-30)27(32)31-14-16-33-17-15-31)28-19-24(20-8-4-2-5-9-20)21-10-6-3-7-11-21/h2-11,22,24,28H,12-19H2,1H3. The van der Waals surface area contributed by atoms with Crippen LogP contribution in [0.5, 0.6) is 0 Å².